The Morgan fingerprint density at radius 1 is 1.62 bits per heavy atom. The zero-order chi connectivity index (χ0) is 11.7. The van der Waals surface area contributed by atoms with Crippen molar-refractivity contribution in [1.29, 1.82) is 0 Å². The van der Waals surface area contributed by atoms with Crippen molar-refractivity contribution in [2.75, 3.05) is 11.9 Å². The number of esters is 1. The molecule has 0 bridgehead atoms. The van der Waals surface area contributed by atoms with E-state index in [0.717, 1.165) is 5.56 Å². The number of fused-ring (bicyclic) bond motifs is 1. The second-order valence-corrected chi connectivity index (χ2v) is 3.56. The molecular formula is C11H12N2O3. The Morgan fingerprint density at radius 3 is 3.06 bits per heavy atom. The third kappa shape index (κ3) is 1.54. The fourth-order valence-electron chi connectivity index (χ4n) is 1.72. The molecule has 0 aliphatic carbocycles. The van der Waals surface area contributed by atoms with Crippen molar-refractivity contribution in [3.63, 3.8) is 0 Å². The standard InChI is InChI=1S/C11H12N2O3/c1-3-16-11(15)7-9-8(13-10(7)14)6(2)4-5-12-9/h4-5,7H,3H2,1-2H3,(H,13,14)/t7-/m0/s1. The lowest BCUT2D eigenvalue weighted by Crippen LogP contribution is -2.23. The number of amides is 1. The molecule has 5 heteroatoms. The SMILES string of the molecule is CCOC(=O)[C@@H]1C(=O)Nc2c(C)ccnc21. The molecule has 0 saturated heterocycles. The molecule has 2 heterocycles. The van der Waals surface area contributed by atoms with Gasteiger partial charge in [0, 0.05) is 6.20 Å². The van der Waals surface area contributed by atoms with Gasteiger partial charge in [-0.3, -0.25) is 14.6 Å². The van der Waals surface area contributed by atoms with Crippen LogP contribution in [0.2, 0.25) is 0 Å². The summed E-state index contributed by atoms with van der Waals surface area (Å²) in [6.07, 6.45) is 1.58. The van der Waals surface area contributed by atoms with Crippen molar-refractivity contribution >= 4 is 17.6 Å². The molecule has 1 aromatic heterocycles. The van der Waals surface area contributed by atoms with Gasteiger partial charge >= 0.3 is 5.97 Å². The molecule has 1 aromatic rings. The number of anilines is 1. The molecule has 1 aliphatic heterocycles. The van der Waals surface area contributed by atoms with E-state index < -0.39 is 11.9 Å². The first-order chi connectivity index (χ1) is 7.65. The van der Waals surface area contributed by atoms with Crippen LogP contribution in [-0.2, 0) is 14.3 Å². The van der Waals surface area contributed by atoms with Crippen LogP contribution in [0.4, 0.5) is 5.69 Å². The number of ether oxygens (including phenoxy) is 1. The number of pyridine rings is 1. The lowest BCUT2D eigenvalue weighted by molar-refractivity contribution is -0.147. The van der Waals surface area contributed by atoms with Crippen molar-refractivity contribution in [3.05, 3.63) is 23.5 Å². The van der Waals surface area contributed by atoms with Crippen LogP contribution in [0.1, 0.15) is 24.1 Å². The quantitative estimate of drug-likeness (QED) is 0.596. The summed E-state index contributed by atoms with van der Waals surface area (Å²) < 4.78 is 4.85. The van der Waals surface area contributed by atoms with Gasteiger partial charge in [0.1, 0.15) is 0 Å². The Labute approximate surface area is 92.8 Å². The molecule has 1 atom stereocenters. The maximum absolute atomic E-state index is 11.6. The molecule has 5 nitrogen and oxygen atoms in total. The smallest absolute Gasteiger partial charge is 0.324 e. The predicted octanol–water partition coefficient (Wildman–Crippen LogP) is 0.989. The highest BCUT2D eigenvalue weighted by Gasteiger charge is 2.39. The average Bonchev–Trinajstić information content (AvgIpc) is 2.56. The summed E-state index contributed by atoms with van der Waals surface area (Å²) in [4.78, 5) is 27.3. The molecule has 0 radical (unpaired) electrons. The molecule has 0 aromatic carbocycles. The normalized spacial score (nSPS) is 17.9. The molecular weight excluding hydrogens is 208 g/mol. The van der Waals surface area contributed by atoms with Crippen LogP contribution in [0, 0.1) is 6.92 Å². The number of hydrogen-bond acceptors (Lipinski definition) is 4. The van der Waals surface area contributed by atoms with Gasteiger partial charge in [0.2, 0.25) is 5.91 Å². The molecule has 0 fully saturated rings. The number of nitrogens with one attached hydrogen (secondary N) is 1. The summed E-state index contributed by atoms with van der Waals surface area (Å²) >= 11 is 0. The Kier molecular flexibility index (Phi) is 2.60. The van der Waals surface area contributed by atoms with Crippen molar-refractivity contribution in [2.24, 2.45) is 0 Å². The number of rotatable bonds is 2. The number of nitrogens with zero attached hydrogens (tertiary/aromatic N) is 1. The fourth-order valence-corrected chi connectivity index (χ4v) is 1.72. The molecule has 1 aliphatic rings. The Bertz CT molecular complexity index is 457. The minimum absolute atomic E-state index is 0.254. The highest BCUT2D eigenvalue weighted by atomic mass is 16.5. The first-order valence-corrected chi connectivity index (χ1v) is 5.08. The molecule has 1 amide bonds. The molecule has 84 valence electrons. The summed E-state index contributed by atoms with van der Waals surface area (Å²) in [7, 11) is 0. The van der Waals surface area contributed by atoms with Gasteiger partial charge in [-0.2, -0.15) is 0 Å². The van der Waals surface area contributed by atoms with Gasteiger partial charge in [0.15, 0.2) is 5.92 Å². The zero-order valence-corrected chi connectivity index (χ0v) is 9.11. The van der Waals surface area contributed by atoms with E-state index in [4.69, 9.17) is 4.74 Å². The monoisotopic (exact) mass is 220 g/mol. The van der Waals surface area contributed by atoms with Crippen LogP contribution in [0.5, 0.6) is 0 Å². The van der Waals surface area contributed by atoms with E-state index in [1.807, 2.05) is 6.92 Å². The Hall–Kier alpha value is -1.91. The van der Waals surface area contributed by atoms with Gasteiger partial charge < -0.3 is 10.1 Å². The van der Waals surface area contributed by atoms with Gasteiger partial charge in [0.05, 0.1) is 18.0 Å². The maximum Gasteiger partial charge on any atom is 0.324 e. The topological polar surface area (TPSA) is 68.3 Å². The molecule has 0 saturated carbocycles. The van der Waals surface area contributed by atoms with Gasteiger partial charge in [-0.25, -0.2) is 0 Å². The first kappa shape index (κ1) is 10.6. The van der Waals surface area contributed by atoms with Crippen LogP contribution >= 0.6 is 0 Å². The van der Waals surface area contributed by atoms with Gasteiger partial charge in [-0.15, -0.1) is 0 Å². The third-order valence-corrected chi connectivity index (χ3v) is 2.49. The number of aryl methyl sites for hydroxylation is 1. The minimum Gasteiger partial charge on any atom is -0.465 e. The van der Waals surface area contributed by atoms with E-state index in [2.05, 4.69) is 10.3 Å². The highest BCUT2D eigenvalue weighted by molar-refractivity contribution is 6.14. The minimum atomic E-state index is -0.921. The Morgan fingerprint density at radius 2 is 2.38 bits per heavy atom. The first-order valence-electron chi connectivity index (χ1n) is 5.08. The second kappa shape index (κ2) is 3.92. The molecule has 1 N–H and O–H groups in total. The number of aromatic nitrogens is 1. The van der Waals surface area contributed by atoms with E-state index in [1.54, 1.807) is 19.2 Å². The molecule has 16 heavy (non-hydrogen) atoms. The van der Waals surface area contributed by atoms with Gasteiger partial charge in [0.25, 0.3) is 0 Å². The summed E-state index contributed by atoms with van der Waals surface area (Å²) in [5.41, 5.74) is 1.99. The van der Waals surface area contributed by atoms with Crippen molar-refractivity contribution < 1.29 is 14.3 Å². The molecule has 0 spiro atoms. The maximum atomic E-state index is 11.6. The molecule has 0 unspecified atom stereocenters. The van der Waals surface area contributed by atoms with E-state index in [-0.39, 0.29) is 12.5 Å². The van der Waals surface area contributed by atoms with Crippen molar-refractivity contribution in [2.45, 2.75) is 19.8 Å². The lowest BCUT2D eigenvalue weighted by Gasteiger charge is -2.06. The third-order valence-electron chi connectivity index (χ3n) is 2.49. The van der Waals surface area contributed by atoms with Gasteiger partial charge in [-0.05, 0) is 25.5 Å². The van der Waals surface area contributed by atoms with Crippen LogP contribution in [0.3, 0.4) is 0 Å². The largest absolute Gasteiger partial charge is 0.465 e. The molecule has 2 rings (SSSR count). The fraction of sp³-hybridized carbons (Fsp3) is 0.364. The zero-order valence-electron chi connectivity index (χ0n) is 9.11. The summed E-state index contributed by atoms with van der Waals surface area (Å²) in [5, 5.41) is 2.65. The Balaban J connectivity index is 2.40. The summed E-state index contributed by atoms with van der Waals surface area (Å²) in [5.74, 6) is -1.83. The highest BCUT2D eigenvalue weighted by Crippen LogP contribution is 2.33. The van der Waals surface area contributed by atoms with E-state index in [1.165, 1.54) is 0 Å². The summed E-state index contributed by atoms with van der Waals surface area (Å²) in [6, 6.07) is 1.78. The van der Waals surface area contributed by atoms with E-state index >= 15 is 0 Å². The van der Waals surface area contributed by atoms with Crippen molar-refractivity contribution in [3.8, 4) is 0 Å². The van der Waals surface area contributed by atoms with Crippen LogP contribution in [-0.4, -0.2) is 23.5 Å². The second-order valence-electron chi connectivity index (χ2n) is 3.56. The van der Waals surface area contributed by atoms with E-state index in [9.17, 15) is 9.59 Å². The number of hydrogen-bond donors (Lipinski definition) is 1. The van der Waals surface area contributed by atoms with Crippen molar-refractivity contribution in [1.82, 2.24) is 4.98 Å². The van der Waals surface area contributed by atoms with Crippen LogP contribution in [0.15, 0.2) is 12.3 Å². The van der Waals surface area contributed by atoms with E-state index in [0.29, 0.717) is 11.4 Å². The lowest BCUT2D eigenvalue weighted by atomic mass is 10.1. The number of carbonyl (C=O) groups excluding carboxylic acids is 2. The average molecular weight is 220 g/mol. The summed E-state index contributed by atoms with van der Waals surface area (Å²) in [6.45, 7) is 3.81. The van der Waals surface area contributed by atoms with Gasteiger partial charge in [-0.1, -0.05) is 0 Å². The predicted molar refractivity (Wildman–Crippen MR) is 57.0 cm³/mol. The number of carbonyl (C=O) groups is 2. The van der Waals surface area contributed by atoms with Crippen LogP contribution in [0.25, 0.3) is 0 Å². The van der Waals surface area contributed by atoms with Crippen LogP contribution < -0.4 is 5.32 Å².